The molecule has 1 N–H and O–H groups in total. The molecule has 0 radical (unpaired) electrons. The van der Waals surface area contributed by atoms with Crippen molar-refractivity contribution >= 4 is 25.5 Å². The molecule has 1 aromatic rings. The lowest BCUT2D eigenvalue weighted by molar-refractivity contribution is 0.0501. The van der Waals surface area contributed by atoms with Crippen LogP contribution in [-0.4, -0.2) is 91.9 Å². The lowest BCUT2D eigenvalue weighted by Crippen LogP contribution is -2.49. The summed E-state index contributed by atoms with van der Waals surface area (Å²) in [6.07, 6.45) is 0.907. The Kier molecular flexibility index (Phi) is 13.1. The van der Waals surface area contributed by atoms with E-state index >= 15 is 0 Å². The SMILES string of the molecule is CCOP(=O)(CCN1CCN(CC[C@H](CSc2ccccc2)NC(=O)OC(C)(C)C)CC1)OCC. The van der Waals surface area contributed by atoms with Gasteiger partial charge < -0.3 is 28.9 Å². The Bertz CT molecular complexity index is 775. The van der Waals surface area contributed by atoms with E-state index in [-0.39, 0.29) is 12.1 Å². The molecule has 0 saturated carbocycles. The van der Waals surface area contributed by atoms with Gasteiger partial charge in [0.25, 0.3) is 0 Å². The number of hydrogen-bond donors (Lipinski definition) is 1. The summed E-state index contributed by atoms with van der Waals surface area (Å²) in [6.45, 7) is 15.4. The molecule has 0 spiro atoms. The van der Waals surface area contributed by atoms with Crippen molar-refractivity contribution in [2.24, 2.45) is 0 Å². The van der Waals surface area contributed by atoms with Crippen LogP contribution in [0, 0.1) is 0 Å². The van der Waals surface area contributed by atoms with Crippen LogP contribution in [0.1, 0.15) is 41.0 Å². The predicted octanol–water partition coefficient (Wildman–Crippen LogP) is 4.95. The molecule has 0 bridgehead atoms. The highest BCUT2D eigenvalue weighted by atomic mass is 32.2. The van der Waals surface area contributed by atoms with Crippen molar-refractivity contribution in [2.75, 3.05) is 64.4 Å². The Balaban J connectivity index is 1.81. The molecule has 200 valence electrons. The van der Waals surface area contributed by atoms with Crippen molar-refractivity contribution < 1.29 is 23.1 Å². The zero-order valence-corrected chi connectivity index (χ0v) is 23.7. The monoisotopic (exact) mass is 529 g/mol. The van der Waals surface area contributed by atoms with E-state index in [1.807, 2.05) is 52.8 Å². The van der Waals surface area contributed by atoms with Gasteiger partial charge >= 0.3 is 13.7 Å². The van der Waals surface area contributed by atoms with Crippen molar-refractivity contribution in [1.82, 2.24) is 15.1 Å². The number of carbonyl (C=O) groups excluding carboxylic acids is 1. The third-order valence-corrected chi connectivity index (χ3v) is 8.74. The fourth-order valence-electron chi connectivity index (χ4n) is 3.78. The van der Waals surface area contributed by atoms with Gasteiger partial charge in [0.15, 0.2) is 0 Å². The van der Waals surface area contributed by atoms with E-state index in [1.54, 1.807) is 11.8 Å². The van der Waals surface area contributed by atoms with Crippen LogP contribution < -0.4 is 5.32 Å². The number of rotatable bonds is 14. The first-order valence-corrected chi connectivity index (χ1v) is 15.3. The van der Waals surface area contributed by atoms with Gasteiger partial charge in [-0.3, -0.25) is 4.57 Å². The van der Waals surface area contributed by atoms with E-state index in [4.69, 9.17) is 13.8 Å². The number of thioether (sulfide) groups is 1. The van der Waals surface area contributed by atoms with Crippen molar-refractivity contribution in [3.63, 3.8) is 0 Å². The Morgan fingerprint density at radius 2 is 1.60 bits per heavy atom. The first-order valence-electron chi connectivity index (χ1n) is 12.6. The summed E-state index contributed by atoms with van der Waals surface area (Å²) >= 11 is 1.74. The zero-order valence-electron chi connectivity index (χ0n) is 22.0. The molecule has 1 fully saturated rings. The van der Waals surface area contributed by atoms with Gasteiger partial charge in [-0.15, -0.1) is 11.8 Å². The standard InChI is InChI=1S/C25H44N3O5PS/c1-6-31-34(30,32-7-2)20-19-28-17-15-27(16-18-28)14-13-22(26-24(29)33-25(3,4)5)21-35-23-11-9-8-10-12-23/h8-12,22H,6-7,13-21H2,1-5H3,(H,26,29)/t22-/m1/s1. The van der Waals surface area contributed by atoms with Crippen LogP contribution >= 0.6 is 19.4 Å². The molecule has 2 rings (SSSR count). The number of benzene rings is 1. The molecule has 1 aliphatic rings. The smallest absolute Gasteiger partial charge is 0.407 e. The minimum absolute atomic E-state index is 0.0105. The summed E-state index contributed by atoms with van der Waals surface area (Å²) in [6, 6.07) is 10.2. The summed E-state index contributed by atoms with van der Waals surface area (Å²) in [5.74, 6) is 0.785. The maximum Gasteiger partial charge on any atom is 0.407 e. The second kappa shape index (κ2) is 15.2. The van der Waals surface area contributed by atoms with Gasteiger partial charge in [0, 0.05) is 56.0 Å². The van der Waals surface area contributed by atoms with Crippen LogP contribution in [0.15, 0.2) is 35.2 Å². The van der Waals surface area contributed by atoms with E-state index in [9.17, 15) is 9.36 Å². The minimum atomic E-state index is -3.00. The van der Waals surface area contributed by atoms with Crippen molar-refractivity contribution in [3.05, 3.63) is 30.3 Å². The third kappa shape index (κ3) is 12.6. The second-order valence-corrected chi connectivity index (χ2v) is 12.9. The molecule has 0 aromatic heterocycles. The quantitative estimate of drug-likeness (QED) is 0.268. The summed E-state index contributed by atoms with van der Waals surface area (Å²) in [5.41, 5.74) is -0.522. The van der Waals surface area contributed by atoms with E-state index in [0.29, 0.717) is 25.9 Å². The first kappa shape index (κ1) is 30.1. The summed E-state index contributed by atoms with van der Waals surface area (Å²) < 4.78 is 29.0. The van der Waals surface area contributed by atoms with Crippen LogP contribution in [0.3, 0.4) is 0 Å². The van der Waals surface area contributed by atoms with Gasteiger partial charge in [-0.05, 0) is 53.2 Å². The Morgan fingerprint density at radius 3 is 2.14 bits per heavy atom. The molecule has 10 heteroatoms. The van der Waals surface area contributed by atoms with Crippen molar-refractivity contribution in [2.45, 2.75) is 57.6 Å². The first-order chi connectivity index (χ1) is 16.6. The average Bonchev–Trinajstić information content (AvgIpc) is 2.80. The highest BCUT2D eigenvalue weighted by Crippen LogP contribution is 2.47. The number of carbonyl (C=O) groups is 1. The Morgan fingerprint density at radius 1 is 1.03 bits per heavy atom. The number of ether oxygens (including phenoxy) is 1. The fraction of sp³-hybridized carbons (Fsp3) is 0.720. The molecule has 0 unspecified atom stereocenters. The largest absolute Gasteiger partial charge is 0.444 e. The molecule has 1 aromatic carbocycles. The summed E-state index contributed by atoms with van der Waals surface area (Å²) in [5, 5.41) is 3.08. The molecule has 1 saturated heterocycles. The Hall–Kier alpha value is -1.09. The van der Waals surface area contributed by atoms with Gasteiger partial charge in [-0.1, -0.05) is 18.2 Å². The molecule has 35 heavy (non-hydrogen) atoms. The van der Waals surface area contributed by atoms with Crippen LogP contribution in [0.4, 0.5) is 4.79 Å². The molecule has 1 aliphatic heterocycles. The van der Waals surface area contributed by atoms with Gasteiger partial charge in [-0.25, -0.2) is 4.79 Å². The average molecular weight is 530 g/mol. The number of nitrogens with one attached hydrogen (secondary N) is 1. The molecule has 8 nitrogen and oxygen atoms in total. The third-order valence-electron chi connectivity index (χ3n) is 5.52. The van der Waals surface area contributed by atoms with E-state index < -0.39 is 13.2 Å². The molecular formula is C25H44N3O5PS. The van der Waals surface area contributed by atoms with Crippen molar-refractivity contribution in [3.8, 4) is 0 Å². The van der Waals surface area contributed by atoms with Gasteiger partial charge in [-0.2, -0.15) is 0 Å². The normalized spacial score (nSPS) is 16.7. The number of nitrogens with zero attached hydrogens (tertiary/aromatic N) is 2. The van der Waals surface area contributed by atoms with E-state index in [1.165, 1.54) is 4.90 Å². The molecule has 0 aliphatic carbocycles. The maximum absolute atomic E-state index is 12.7. The van der Waals surface area contributed by atoms with Gasteiger partial charge in [0.05, 0.1) is 19.4 Å². The maximum atomic E-state index is 12.7. The van der Waals surface area contributed by atoms with Crippen LogP contribution in [0.2, 0.25) is 0 Å². The van der Waals surface area contributed by atoms with E-state index in [0.717, 1.165) is 44.9 Å². The molecule has 1 heterocycles. The molecule has 1 atom stereocenters. The Labute approximate surface area is 216 Å². The fourth-order valence-corrected chi connectivity index (χ4v) is 6.42. The van der Waals surface area contributed by atoms with Crippen LogP contribution in [0.25, 0.3) is 0 Å². The topological polar surface area (TPSA) is 80.3 Å². The predicted molar refractivity (Wildman–Crippen MR) is 144 cm³/mol. The van der Waals surface area contributed by atoms with Crippen molar-refractivity contribution in [1.29, 1.82) is 0 Å². The van der Waals surface area contributed by atoms with E-state index in [2.05, 4.69) is 27.2 Å². The number of amides is 1. The van der Waals surface area contributed by atoms with Gasteiger partial charge in [0.1, 0.15) is 5.60 Å². The second-order valence-electron chi connectivity index (χ2n) is 9.61. The molecular weight excluding hydrogens is 485 g/mol. The van der Waals surface area contributed by atoms with Crippen LogP contribution in [-0.2, 0) is 18.3 Å². The molecule has 1 amide bonds. The lowest BCUT2D eigenvalue weighted by atomic mass is 10.2. The summed E-state index contributed by atoms with van der Waals surface area (Å²) in [7, 11) is -3.00. The highest BCUT2D eigenvalue weighted by molar-refractivity contribution is 7.99. The number of alkyl carbamates (subject to hydrolysis) is 1. The highest BCUT2D eigenvalue weighted by Gasteiger charge is 2.26. The lowest BCUT2D eigenvalue weighted by Gasteiger charge is -2.35. The van der Waals surface area contributed by atoms with Crippen LogP contribution in [0.5, 0.6) is 0 Å². The number of piperazine rings is 1. The summed E-state index contributed by atoms with van der Waals surface area (Å²) in [4.78, 5) is 18.4. The number of hydrogen-bond acceptors (Lipinski definition) is 8. The minimum Gasteiger partial charge on any atom is -0.444 e. The zero-order chi connectivity index (χ0) is 25.7. The van der Waals surface area contributed by atoms with Gasteiger partial charge in [0.2, 0.25) is 0 Å².